The fraction of sp³-hybridized carbons (Fsp3) is 0.267. The van der Waals surface area contributed by atoms with Gasteiger partial charge in [-0.25, -0.2) is 0 Å². The van der Waals surface area contributed by atoms with Crippen LogP contribution in [-0.4, -0.2) is 35.0 Å². The highest BCUT2D eigenvalue weighted by molar-refractivity contribution is 5.93. The Bertz CT molecular complexity index is 734. The summed E-state index contributed by atoms with van der Waals surface area (Å²) in [6, 6.07) is 7.81. The number of hydrogen-bond donors (Lipinski definition) is 1. The van der Waals surface area contributed by atoms with E-state index in [1.54, 1.807) is 31.2 Å². The molecule has 0 spiro atoms. The first-order valence-electron chi connectivity index (χ1n) is 6.57. The van der Waals surface area contributed by atoms with E-state index in [0.29, 0.717) is 17.5 Å². The van der Waals surface area contributed by atoms with Gasteiger partial charge in [-0.1, -0.05) is 12.1 Å². The molecule has 2 rings (SSSR count). The maximum atomic E-state index is 12.3. The highest BCUT2D eigenvalue weighted by Gasteiger charge is 2.19. The standard InChI is InChI=1S/C15H15NO5/c1-2-16(8-7-14(18)19)15(20)13-9-11(17)10-5-3-4-6-12(10)21-13/h3-6,9H,2,7-8H2,1H3,(H,18,19). The molecular weight excluding hydrogens is 274 g/mol. The minimum Gasteiger partial charge on any atom is -0.481 e. The van der Waals surface area contributed by atoms with Crippen molar-refractivity contribution < 1.29 is 19.1 Å². The van der Waals surface area contributed by atoms with Crippen LogP contribution in [0.1, 0.15) is 23.9 Å². The van der Waals surface area contributed by atoms with Crippen LogP contribution in [0.2, 0.25) is 0 Å². The molecule has 0 saturated heterocycles. The van der Waals surface area contributed by atoms with Gasteiger partial charge in [0.25, 0.3) is 5.91 Å². The summed E-state index contributed by atoms with van der Waals surface area (Å²) in [5.74, 6) is -1.55. The summed E-state index contributed by atoms with van der Waals surface area (Å²) >= 11 is 0. The topological polar surface area (TPSA) is 87.8 Å². The van der Waals surface area contributed by atoms with Crippen LogP contribution in [0, 0.1) is 0 Å². The zero-order valence-electron chi connectivity index (χ0n) is 11.5. The highest BCUT2D eigenvalue weighted by Crippen LogP contribution is 2.13. The molecule has 21 heavy (non-hydrogen) atoms. The van der Waals surface area contributed by atoms with Gasteiger partial charge in [0, 0.05) is 19.2 Å². The Kier molecular flexibility index (Phi) is 4.37. The van der Waals surface area contributed by atoms with Gasteiger partial charge in [-0.05, 0) is 19.1 Å². The number of aliphatic carboxylic acids is 1. The number of fused-ring (bicyclic) bond motifs is 1. The quantitative estimate of drug-likeness (QED) is 0.905. The lowest BCUT2D eigenvalue weighted by molar-refractivity contribution is -0.137. The second-order valence-corrected chi connectivity index (χ2v) is 4.50. The Labute approximate surface area is 120 Å². The lowest BCUT2D eigenvalue weighted by Gasteiger charge is -2.19. The first kappa shape index (κ1) is 14.8. The minimum atomic E-state index is -0.985. The van der Waals surface area contributed by atoms with Crippen LogP contribution in [0.5, 0.6) is 0 Å². The van der Waals surface area contributed by atoms with E-state index in [0.717, 1.165) is 6.07 Å². The molecule has 0 aliphatic heterocycles. The number of para-hydroxylation sites is 1. The molecule has 0 unspecified atom stereocenters. The van der Waals surface area contributed by atoms with E-state index in [1.165, 1.54) is 4.90 Å². The summed E-state index contributed by atoms with van der Waals surface area (Å²) < 4.78 is 5.46. The van der Waals surface area contributed by atoms with Gasteiger partial charge in [0.1, 0.15) is 5.58 Å². The smallest absolute Gasteiger partial charge is 0.305 e. The summed E-state index contributed by atoms with van der Waals surface area (Å²) in [6.07, 6.45) is -0.155. The average Bonchev–Trinajstić information content (AvgIpc) is 2.47. The second-order valence-electron chi connectivity index (χ2n) is 4.50. The Hall–Kier alpha value is -2.63. The molecule has 2 aromatic rings. The third-order valence-electron chi connectivity index (χ3n) is 3.11. The summed E-state index contributed by atoms with van der Waals surface area (Å²) in [6.45, 7) is 2.14. The molecule has 0 fully saturated rings. The largest absolute Gasteiger partial charge is 0.481 e. The van der Waals surface area contributed by atoms with Crippen molar-refractivity contribution in [3.8, 4) is 0 Å². The second kappa shape index (κ2) is 6.21. The molecule has 0 aliphatic rings. The molecule has 1 aromatic carbocycles. The molecule has 0 bridgehead atoms. The fourth-order valence-corrected chi connectivity index (χ4v) is 2.00. The molecule has 1 aromatic heterocycles. The van der Waals surface area contributed by atoms with Crippen LogP contribution < -0.4 is 5.43 Å². The van der Waals surface area contributed by atoms with Crippen molar-refractivity contribution in [2.45, 2.75) is 13.3 Å². The molecule has 1 amide bonds. The number of nitrogens with zero attached hydrogens (tertiary/aromatic N) is 1. The fourth-order valence-electron chi connectivity index (χ4n) is 2.00. The summed E-state index contributed by atoms with van der Waals surface area (Å²) in [7, 11) is 0. The Morgan fingerprint density at radius 1 is 1.29 bits per heavy atom. The van der Waals surface area contributed by atoms with Crippen molar-refractivity contribution in [1.82, 2.24) is 4.90 Å². The van der Waals surface area contributed by atoms with Crippen LogP contribution >= 0.6 is 0 Å². The van der Waals surface area contributed by atoms with Crippen LogP contribution in [0.4, 0.5) is 0 Å². The molecule has 1 heterocycles. The van der Waals surface area contributed by atoms with Gasteiger partial charge < -0.3 is 14.4 Å². The van der Waals surface area contributed by atoms with Gasteiger partial charge in [-0.3, -0.25) is 14.4 Å². The predicted octanol–water partition coefficient (Wildman–Crippen LogP) is 1.73. The van der Waals surface area contributed by atoms with Crippen molar-refractivity contribution in [2.24, 2.45) is 0 Å². The third-order valence-corrected chi connectivity index (χ3v) is 3.11. The van der Waals surface area contributed by atoms with E-state index >= 15 is 0 Å². The van der Waals surface area contributed by atoms with Crippen LogP contribution in [0.15, 0.2) is 39.5 Å². The Morgan fingerprint density at radius 2 is 2.00 bits per heavy atom. The Morgan fingerprint density at radius 3 is 2.67 bits per heavy atom. The zero-order chi connectivity index (χ0) is 15.4. The average molecular weight is 289 g/mol. The van der Waals surface area contributed by atoms with Gasteiger partial charge in [0.15, 0.2) is 11.2 Å². The van der Waals surface area contributed by atoms with Crippen LogP contribution in [0.3, 0.4) is 0 Å². The first-order chi connectivity index (χ1) is 10.0. The maximum Gasteiger partial charge on any atom is 0.305 e. The monoisotopic (exact) mass is 289 g/mol. The van der Waals surface area contributed by atoms with E-state index in [-0.39, 0.29) is 24.2 Å². The first-order valence-corrected chi connectivity index (χ1v) is 6.57. The number of amides is 1. The lowest BCUT2D eigenvalue weighted by Crippen LogP contribution is -2.33. The van der Waals surface area contributed by atoms with Gasteiger partial charge in [0.2, 0.25) is 0 Å². The molecule has 0 atom stereocenters. The number of carbonyl (C=O) groups excluding carboxylic acids is 1. The van der Waals surface area contributed by atoms with Crippen molar-refractivity contribution >= 4 is 22.8 Å². The van der Waals surface area contributed by atoms with E-state index < -0.39 is 11.9 Å². The summed E-state index contributed by atoms with van der Waals surface area (Å²) in [4.78, 5) is 36.2. The maximum absolute atomic E-state index is 12.3. The van der Waals surface area contributed by atoms with E-state index in [1.807, 2.05) is 0 Å². The number of rotatable bonds is 5. The number of benzene rings is 1. The number of carboxylic acids is 1. The Balaban J connectivity index is 2.34. The molecule has 0 radical (unpaired) electrons. The van der Waals surface area contributed by atoms with E-state index in [9.17, 15) is 14.4 Å². The van der Waals surface area contributed by atoms with Crippen molar-refractivity contribution in [2.75, 3.05) is 13.1 Å². The van der Waals surface area contributed by atoms with Crippen molar-refractivity contribution in [1.29, 1.82) is 0 Å². The molecule has 110 valence electrons. The van der Waals surface area contributed by atoms with Gasteiger partial charge >= 0.3 is 5.97 Å². The summed E-state index contributed by atoms with van der Waals surface area (Å²) in [5.41, 5.74) is 0.0390. The molecule has 1 N–H and O–H groups in total. The van der Waals surface area contributed by atoms with Gasteiger partial charge in [0.05, 0.1) is 11.8 Å². The normalized spacial score (nSPS) is 10.5. The van der Waals surface area contributed by atoms with E-state index in [2.05, 4.69) is 0 Å². The molecule has 0 aliphatic carbocycles. The van der Waals surface area contributed by atoms with Crippen LogP contribution in [-0.2, 0) is 4.79 Å². The van der Waals surface area contributed by atoms with Crippen molar-refractivity contribution in [3.05, 3.63) is 46.3 Å². The zero-order valence-corrected chi connectivity index (χ0v) is 11.5. The minimum absolute atomic E-state index is 0.0706. The number of carboxylic acid groups (broad SMARTS) is 1. The molecule has 0 saturated carbocycles. The van der Waals surface area contributed by atoms with Gasteiger partial charge in [-0.2, -0.15) is 0 Å². The van der Waals surface area contributed by atoms with E-state index in [4.69, 9.17) is 9.52 Å². The SMILES string of the molecule is CCN(CCC(=O)O)C(=O)c1cc(=O)c2ccccc2o1. The molecule has 6 nitrogen and oxygen atoms in total. The lowest BCUT2D eigenvalue weighted by atomic mass is 10.2. The van der Waals surface area contributed by atoms with Crippen molar-refractivity contribution in [3.63, 3.8) is 0 Å². The number of carbonyl (C=O) groups is 2. The predicted molar refractivity (Wildman–Crippen MR) is 76.3 cm³/mol. The molecule has 6 heteroatoms. The highest BCUT2D eigenvalue weighted by atomic mass is 16.4. The van der Waals surface area contributed by atoms with Gasteiger partial charge in [-0.15, -0.1) is 0 Å². The van der Waals surface area contributed by atoms with Crippen LogP contribution in [0.25, 0.3) is 11.0 Å². The third kappa shape index (κ3) is 3.28. The molecular formula is C15H15NO5. The number of hydrogen-bond acceptors (Lipinski definition) is 4. The summed E-state index contributed by atoms with van der Waals surface area (Å²) in [5, 5.41) is 9.09.